The number of rotatable bonds is 7. The normalized spacial score (nSPS) is 18.5. The van der Waals surface area contributed by atoms with Crippen LogP contribution in [0.15, 0.2) is 66.7 Å². The summed E-state index contributed by atoms with van der Waals surface area (Å²) in [5.74, 6) is 0.0470. The molecule has 0 unspecified atom stereocenters. The summed E-state index contributed by atoms with van der Waals surface area (Å²) in [7, 11) is 1.62. The minimum atomic E-state index is -0.400. The number of benzene rings is 3. The first-order chi connectivity index (χ1) is 17.9. The van der Waals surface area contributed by atoms with E-state index in [4.69, 9.17) is 4.74 Å². The van der Waals surface area contributed by atoms with E-state index in [1.807, 2.05) is 24.3 Å². The number of nitro benzene ring substituents is 1. The maximum Gasteiger partial charge on any atom is 0.269 e. The van der Waals surface area contributed by atoms with Gasteiger partial charge in [-0.1, -0.05) is 12.1 Å². The van der Waals surface area contributed by atoms with Crippen molar-refractivity contribution in [3.63, 3.8) is 0 Å². The van der Waals surface area contributed by atoms with Gasteiger partial charge in [0.15, 0.2) is 0 Å². The van der Waals surface area contributed by atoms with E-state index in [1.54, 1.807) is 31.4 Å². The van der Waals surface area contributed by atoms with Crippen molar-refractivity contribution < 1.29 is 18.8 Å². The van der Waals surface area contributed by atoms with Crippen LogP contribution in [0.25, 0.3) is 0 Å². The summed E-state index contributed by atoms with van der Waals surface area (Å²) >= 11 is 0. The predicted octanol–water partition coefficient (Wildman–Crippen LogP) is 3.97. The van der Waals surface area contributed by atoms with Crippen LogP contribution in [0.4, 0.5) is 21.5 Å². The summed E-state index contributed by atoms with van der Waals surface area (Å²) in [5.41, 5.74) is 3.79. The Morgan fingerprint density at radius 1 is 1.11 bits per heavy atom. The van der Waals surface area contributed by atoms with Gasteiger partial charge in [0.25, 0.3) is 5.69 Å². The van der Waals surface area contributed by atoms with Crippen LogP contribution in [-0.2, 0) is 17.6 Å². The molecule has 0 aliphatic carbocycles. The number of nitrogens with one attached hydrogen (secondary N) is 1. The van der Waals surface area contributed by atoms with Crippen LogP contribution in [0.5, 0.6) is 5.75 Å². The highest BCUT2D eigenvalue weighted by Gasteiger charge is 2.42. The number of ether oxygens (including phenoxy) is 1. The molecule has 2 heterocycles. The van der Waals surface area contributed by atoms with Gasteiger partial charge in [-0.3, -0.25) is 14.9 Å². The molecule has 37 heavy (non-hydrogen) atoms. The summed E-state index contributed by atoms with van der Waals surface area (Å²) in [6.07, 6.45) is 1.10. The quantitative estimate of drug-likeness (QED) is 0.387. The predicted molar refractivity (Wildman–Crippen MR) is 140 cm³/mol. The minimum Gasteiger partial charge on any atom is -0.497 e. The molecule has 0 saturated carbocycles. The summed E-state index contributed by atoms with van der Waals surface area (Å²) in [6, 6.07) is 18.9. The van der Waals surface area contributed by atoms with Gasteiger partial charge in [-0.2, -0.15) is 0 Å². The summed E-state index contributed by atoms with van der Waals surface area (Å²) in [5, 5.41) is 14.5. The zero-order valence-corrected chi connectivity index (χ0v) is 20.6. The number of nitro groups is 1. The van der Waals surface area contributed by atoms with Crippen LogP contribution < -0.4 is 19.9 Å². The van der Waals surface area contributed by atoms with Crippen molar-refractivity contribution in [3.05, 3.63) is 93.8 Å². The molecule has 3 aromatic rings. The number of piperazine rings is 1. The van der Waals surface area contributed by atoms with Gasteiger partial charge in [-0.15, -0.1) is 0 Å². The van der Waals surface area contributed by atoms with E-state index in [1.165, 1.54) is 18.2 Å². The summed E-state index contributed by atoms with van der Waals surface area (Å²) in [4.78, 5) is 28.9. The van der Waals surface area contributed by atoms with Gasteiger partial charge in [0.05, 0.1) is 24.0 Å². The number of non-ortho nitro benzene ring substituents is 1. The van der Waals surface area contributed by atoms with E-state index in [9.17, 15) is 19.3 Å². The fourth-order valence-corrected chi connectivity index (χ4v) is 5.36. The lowest BCUT2D eigenvalue weighted by atomic mass is 9.83. The standard InChI is InChI=1S/C28H29FN4O4/c1-37-24-9-2-19(3-10-24)12-13-30-28(34)25-17-20-16-23(33(35)36)8-11-26(20)32-15-14-31(18-27(25)32)22-6-4-21(29)5-7-22/h2-11,16,25,27H,12-15,17-18H2,1H3,(H,30,34)/t25-,27-/m0/s1. The van der Waals surface area contributed by atoms with Crippen molar-refractivity contribution in [1.82, 2.24) is 5.32 Å². The number of methoxy groups -OCH3 is 1. The van der Waals surface area contributed by atoms with E-state index in [0.717, 1.165) is 28.3 Å². The van der Waals surface area contributed by atoms with Gasteiger partial charge in [-0.25, -0.2) is 4.39 Å². The molecule has 1 N–H and O–H groups in total. The van der Waals surface area contributed by atoms with Gasteiger partial charge in [0.2, 0.25) is 5.91 Å². The van der Waals surface area contributed by atoms with Crippen molar-refractivity contribution in [3.8, 4) is 5.75 Å². The first kappa shape index (κ1) is 24.5. The molecule has 3 aromatic carbocycles. The molecular weight excluding hydrogens is 475 g/mol. The van der Waals surface area contributed by atoms with Crippen molar-refractivity contribution in [1.29, 1.82) is 0 Å². The first-order valence-electron chi connectivity index (χ1n) is 12.4. The molecule has 1 saturated heterocycles. The lowest BCUT2D eigenvalue weighted by Gasteiger charge is -2.49. The third-order valence-electron chi connectivity index (χ3n) is 7.31. The fraction of sp³-hybridized carbons (Fsp3) is 0.321. The second-order valence-corrected chi connectivity index (χ2v) is 9.45. The Balaban J connectivity index is 1.35. The molecule has 5 rings (SSSR count). The Morgan fingerprint density at radius 3 is 2.57 bits per heavy atom. The zero-order valence-electron chi connectivity index (χ0n) is 20.6. The van der Waals surface area contributed by atoms with E-state index in [0.29, 0.717) is 39.0 Å². The number of hydrogen-bond donors (Lipinski definition) is 1. The molecule has 9 heteroatoms. The molecule has 1 amide bonds. The van der Waals surface area contributed by atoms with Crippen LogP contribution >= 0.6 is 0 Å². The van der Waals surface area contributed by atoms with E-state index in [-0.39, 0.29) is 29.4 Å². The van der Waals surface area contributed by atoms with Crippen molar-refractivity contribution in [2.75, 3.05) is 43.1 Å². The second-order valence-electron chi connectivity index (χ2n) is 9.45. The molecule has 0 aromatic heterocycles. The molecule has 8 nitrogen and oxygen atoms in total. The SMILES string of the molecule is COc1ccc(CCNC(=O)[C@H]2Cc3cc([N+](=O)[O-])ccc3N3CCN(c4ccc(F)cc4)C[C@@H]23)cc1. The third-order valence-corrected chi connectivity index (χ3v) is 7.31. The highest BCUT2D eigenvalue weighted by molar-refractivity contribution is 5.82. The van der Waals surface area contributed by atoms with Crippen molar-refractivity contribution in [2.45, 2.75) is 18.9 Å². The molecule has 0 spiro atoms. The Kier molecular flexibility index (Phi) is 6.94. The maximum absolute atomic E-state index is 13.5. The molecule has 0 radical (unpaired) electrons. The van der Waals surface area contributed by atoms with E-state index in [2.05, 4.69) is 15.1 Å². The molecule has 192 valence electrons. The topological polar surface area (TPSA) is 87.9 Å². The lowest BCUT2D eigenvalue weighted by Crippen LogP contribution is -2.61. The Bertz CT molecular complexity index is 1280. The van der Waals surface area contributed by atoms with E-state index < -0.39 is 4.92 Å². The molecule has 2 aliphatic rings. The molecule has 2 aliphatic heterocycles. The number of carbonyl (C=O) groups is 1. The molecule has 1 fully saturated rings. The number of amides is 1. The zero-order chi connectivity index (χ0) is 25.9. The van der Waals surface area contributed by atoms with Crippen molar-refractivity contribution in [2.24, 2.45) is 5.92 Å². The third kappa shape index (κ3) is 5.21. The highest BCUT2D eigenvalue weighted by Crippen LogP contribution is 2.38. The maximum atomic E-state index is 13.5. The average molecular weight is 505 g/mol. The number of nitrogens with zero attached hydrogens (tertiary/aromatic N) is 3. The van der Waals surface area contributed by atoms with Crippen LogP contribution in [0.1, 0.15) is 11.1 Å². The minimum absolute atomic E-state index is 0.0285. The van der Waals surface area contributed by atoms with Crippen LogP contribution in [0.2, 0.25) is 0 Å². The smallest absolute Gasteiger partial charge is 0.269 e. The number of halogens is 1. The van der Waals surface area contributed by atoms with Crippen molar-refractivity contribution >= 4 is 23.0 Å². The molecular formula is C28H29FN4O4. The molecule has 0 bridgehead atoms. The summed E-state index contributed by atoms with van der Waals surface area (Å²) in [6.45, 7) is 2.43. The Hall–Kier alpha value is -4.14. The van der Waals surface area contributed by atoms with Crippen LogP contribution in [-0.4, -0.2) is 50.2 Å². The van der Waals surface area contributed by atoms with Gasteiger partial charge in [-0.05, 0) is 66.4 Å². The second kappa shape index (κ2) is 10.5. The molecule has 2 atom stereocenters. The van der Waals surface area contributed by atoms with Crippen LogP contribution in [0, 0.1) is 21.8 Å². The van der Waals surface area contributed by atoms with Gasteiger partial charge in [0, 0.05) is 49.7 Å². The monoisotopic (exact) mass is 504 g/mol. The van der Waals surface area contributed by atoms with Crippen LogP contribution in [0.3, 0.4) is 0 Å². The number of carbonyl (C=O) groups excluding carboxylic acids is 1. The lowest BCUT2D eigenvalue weighted by molar-refractivity contribution is -0.384. The number of fused-ring (bicyclic) bond motifs is 3. The summed E-state index contributed by atoms with van der Waals surface area (Å²) < 4.78 is 18.7. The number of hydrogen-bond acceptors (Lipinski definition) is 6. The van der Waals surface area contributed by atoms with Gasteiger partial charge >= 0.3 is 0 Å². The van der Waals surface area contributed by atoms with Gasteiger partial charge < -0.3 is 19.9 Å². The fourth-order valence-electron chi connectivity index (χ4n) is 5.36. The van der Waals surface area contributed by atoms with E-state index >= 15 is 0 Å². The first-order valence-corrected chi connectivity index (χ1v) is 12.4. The van der Waals surface area contributed by atoms with Gasteiger partial charge in [0.1, 0.15) is 11.6 Å². The Labute approximate surface area is 214 Å². The highest BCUT2D eigenvalue weighted by atomic mass is 19.1. The average Bonchev–Trinajstić information content (AvgIpc) is 2.92. The number of anilines is 2. The Morgan fingerprint density at radius 2 is 1.86 bits per heavy atom. The largest absolute Gasteiger partial charge is 0.497 e.